The van der Waals surface area contributed by atoms with Crippen molar-refractivity contribution in [2.75, 3.05) is 38.5 Å². The molecule has 1 aliphatic carbocycles. The van der Waals surface area contributed by atoms with Crippen LogP contribution in [0, 0.1) is 5.92 Å². The lowest BCUT2D eigenvalue weighted by molar-refractivity contribution is 0.341. The van der Waals surface area contributed by atoms with Crippen molar-refractivity contribution >= 4 is 21.4 Å². The second-order valence-electron chi connectivity index (χ2n) is 8.98. The molecular weight excluding hydrogens is 492 g/mol. The summed E-state index contributed by atoms with van der Waals surface area (Å²) < 4.78 is 51.2. The molecule has 3 atom stereocenters. The molecule has 0 fully saturated rings. The molecule has 0 saturated carbocycles. The number of ether oxygens (including phenoxy) is 4. The topological polar surface area (TPSA) is 95.1 Å². The monoisotopic (exact) mass is 522 g/mol. The van der Waals surface area contributed by atoms with Crippen molar-refractivity contribution in [3.05, 3.63) is 77.9 Å². The predicted octanol–water partition coefficient (Wildman–Crippen LogP) is 5.35. The van der Waals surface area contributed by atoms with Crippen LogP contribution in [0.15, 0.2) is 71.6 Å². The van der Waals surface area contributed by atoms with E-state index in [1.165, 1.54) is 7.11 Å². The fourth-order valence-electron chi connectivity index (χ4n) is 5.29. The number of anilines is 2. The van der Waals surface area contributed by atoms with Crippen molar-refractivity contribution < 1.29 is 27.4 Å². The maximum Gasteiger partial charge on any atom is 0.262 e. The number of hydrogen-bond acceptors (Lipinski definition) is 7. The number of allylic oxidation sites excluding steroid dienone is 2. The van der Waals surface area contributed by atoms with E-state index < -0.39 is 10.0 Å². The van der Waals surface area contributed by atoms with Crippen LogP contribution in [0.25, 0.3) is 0 Å². The third kappa shape index (κ3) is 4.44. The van der Waals surface area contributed by atoms with Crippen LogP contribution in [0.4, 0.5) is 11.4 Å². The molecule has 8 nitrogen and oxygen atoms in total. The largest absolute Gasteiger partial charge is 0.497 e. The molecule has 2 aliphatic rings. The van der Waals surface area contributed by atoms with E-state index in [-0.39, 0.29) is 22.8 Å². The lowest BCUT2D eigenvalue weighted by Gasteiger charge is -2.38. The molecule has 1 heterocycles. The summed E-state index contributed by atoms with van der Waals surface area (Å²) in [4.78, 5) is 0.183. The Balaban J connectivity index is 1.49. The van der Waals surface area contributed by atoms with Crippen LogP contribution in [-0.2, 0) is 10.0 Å². The molecule has 5 rings (SSSR count). The minimum atomic E-state index is -3.87. The first-order valence-electron chi connectivity index (χ1n) is 11.9. The lowest BCUT2D eigenvalue weighted by atomic mass is 9.77. The Morgan fingerprint density at radius 1 is 0.865 bits per heavy atom. The predicted molar refractivity (Wildman–Crippen MR) is 143 cm³/mol. The van der Waals surface area contributed by atoms with Gasteiger partial charge in [-0.15, -0.1) is 0 Å². The van der Waals surface area contributed by atoms with E-state index in [0.29, 0.717) is 28.7 Å². The Bertz CT molecular complexity index is 1450. The highest BCUT2D eigenvalue weighted by molar-refractivity contribution is 7.92. The van der Waals surface area contributed by atoms with Crippen molar-refractivity contribution in [2.24, 2.45) is 5.92 Å². The van der Waals surface area contributed by atoms with Crippen molar-refractivity contribution in [1.82, 2.24) is 0 Å². The summed E-state index contributed by atoms with van der Waals surface area (Å²) in [5, 5.41) is 3.65. The fraction of sp³-hybridized carbons (Fsp3) is 0.286. The normalized spacial score (nSPS) is 19.8. The molecule has 3 aromatic rings. The van der Waals surface area contributed by atoms with Gasteiger partial charge in [0.1, 0.15) is 11.5 Å². The van der Waals surface area contributed by atoms with E-state index in [4.69, 9.17) is 18.9 Å². The maximum absolute atomic E-state index is 13.4. The number of fused-ring (bicyclic) bond motifs is 3. The average Bonchev–Trinajstić information content (AvgIpc) is 3.42. The fourth-order valence-corrected chi connectivity index (χ4v) is 6.40. The molecule has 0 unspecified atom stereocenters. The highest BCUT2D eigenvalue weighted by Crippen LogP contribution is 2.52. The van der Waals surface area contributed by atoms with Crippen molar-refractivity contribution in [2.45, 2.75) is 23.3 Å². The SMILES string of the molecule is COc1ccc(NS(=O)(=O)c2ccc3c(c2)[C@H]2C=CC[C@H]2[C@@H](c2cccc(OC)c2OC)N3)c(OC)c1. The third-order valence-electron chi connectivity index (χ3n) is 7.07. The molecule has 0 bridgehead atoms. The molecule has 37 heavy (non-hydrogen) atoms. The number of methoxy groups -OCH3 is 4. The van der Waals surface area contributed by atoms with Crippen LogP contribution in [-0.4, -0.2) is 36.9 Å². The summed E-state index contributed by atoms with van der Waals surface area (Å²) >= 11 is 0. The van der Waals surface area contributed by atoms with Gasteiger partial charge in [0.25, 0.3) is 10.0 Å². The Kier molecular flexibility index (Phi) is 6.64. The summed E-state index contributed by atoms with van der Waals surface area (Å²) in [5.41, 5.74) is 3.18. The first-order chi connectivity index (χ1) is 17.9. The highest BCUT2D eigenvalue weighted by Gasteiger charge is 2.40. The van der Waals surface area contributed by atoms with E-state index in [1.54, 1.807) is 51.7 Å². The van der Waals surface area contributed by atoms with Crippen molar-refractivity contribution in [3.63, 3.8) is 0 Å². The van der Waals surface area contributed by atoms with E-state index in [0.717, 1.165) is 23.2 Å². The van der Waals surface area contributed by atoms with Gasteiger partial charge in [0.15, 0.2) is 11.5 Å². The number of sulfonamides is 1. The van der Waals surface area contributed by atoms with Gasteiger partial charge in [0.05, 0.1) is 45.1 Å². The molecule has 3 aromatic carbocycles. The van der Waals surface area contributed by atoms with Gasteiger partial charge in [-0.3, -0.25) is 4.72 Å². The molecule has 0 saturated heterocycles. The molecule has 1 aliphatic heterocycles. The highest BCUT2D eigenvalue weighted by atomic mass is 32.2. The molecular formula is C28H30N2O6S. The van der Waals surface area contributed by atoms with E-state index in [1.807, 2.05) is 24.3 Å². The van der Waals surface area contributed by atoms with Crippen molar-refractivity contribution in [3.8, 4) is 23.0 Å². The number of rotatable bonds is 8. The lowest BCUT2D eigenvalue weighted by Crippen LogP contribution is -2.29. The van der Waals surface area contributed by atoms with Gasteiger partial charge in [0.2, 0.25) is 0 Å². The van der Waals surface area contributed by atoms with Gasteiger partial charge in [-0.1, -0.05) is 24.3 Å². The van der Waals surface area contributed by atoms with Gasteiger partial charge in [-0.05, 0) is 54.3 Å². The average molecular weight is 523 g/mol. The van der Waals surface area contributed by atoms with Crippen LogP contribution in [0.2, 0.25) is 0 Å². The summed E-state index contributed by atoms with van der Waals surface area (Å²) in [6.45, 7) is 0. The number of para-hydroxylation sites is 1. The van der Waals surface area contributed by atoms with Gasteiger partial charge in [-0.25, -0.2) is 8.42 Å². The molecule has 0 radical (unpaired) electrons. The summed E-state index contributed by atoms with van der Waals surface area (Å²) in [7, 11) is 2.42. The Labute approximate surface area is 217 Å². The molecule has 0 aromatic heterocycles. The minimum absolute atomic E-state index is 0.0262. The molecule has 194 valence electrons. The van der Waals surface area contributed by atoms with E-state index in [2.05, 4.69) is 22.2 Å². The van der Waals surface area contributed by atoms with Crippen LogP contribution >= 0.6 is 0 Å². The second kappa shape index (κ2) is 9.89. The molecule has 0 amide bonds. The first kappa shape index (κ1) is 24.8. The second-order valence-corrected chi connectivity index (χ2v) is 10.7. The molecule has 2 N–H and O–H groups in total. The zero-order chi connectivity index (χ0) is 26.2. The minimum Gasteiger partial charge on any atom is -0.497 e. The van der Waals surface area contributed by atoms with Crippen LogP contribution in [0.3, 0.4) is 0 Å². The quantitative estimate of drug-likeness (QED) is 0.385. The zero-order valence-corrected chi connectivity index (χ0v) is 22.0. The molecule has 9 heteroatoms. The van der Waals surface area contributed by atoms with Crippen LogP contribution in [0.5, 0.6) is 23.0 Å². The van der Waals surface area contributed by atoms with E-state index >= 15 is 0 Å². The van der Waals surface area contributed by atoms with Gasteiger partial charge < -0.3 is 24.3 Å². The van der Waals surface area contributed by atoms with Crippen LogP contribution < -0.4 is 29.0 Å². The summed E-state index contributed by atoms with van der Waals surface area (Å²) in [5.74, 6) is 2.58. The maximum atomic E-state index is 13.4. The van der Waals surface area contributed by atoms with Crippen molar-refractivity contribution in [1.29, 1.82) is 0 Å². The number of nitrogens with one attached hydrogen (secondary N) is 2. The third-order valence-corrected chi connectivity index (χ3v) is 8.43. The standard InChI is InChI=1S/C28H30N2O6S/c1-33-17-11-13-24(26(15-17)35-3)30-37(31,32)18-12-14-23-22(16-18)19-7-5-8-20(19)27(29-23)21-9-6-10-25(34-2)28(21)36-4/h5-7,9-16,19-20,27,29-30H,8H2,1-4H3/t19-,20+,27-/m0/s1. The first-order valence-corrected chi connectivity index (χ1v) is 13.4. The number of hydrogen-bond donors (Lipinski definition) is 2. The van der Waals surface area contributed by atoms with Crippen LogP contribution in [0.1, 0.15) is 29.5 Å². The zero-order valence-electron chi connectivity index (χ0n) is 21.1. The Morgan fingerprint density at radius 2 is 1.68 bits per heavy atom. The molecule has 0 spiro atoms. The Morgan fingerprint density at radius 3 is 2.41 bits per heavy atom. The van der Waals surface area contributed by atoms with E-state index in [9.17, 15) is 8.42 Å². The smallest absolute Gasteiger partial charge is 0.262 e. The Hall–Kier alpha value is -3.85. The van der Waals surface area contributed by atoms with Gasteiger partial charge >= 0.3 is 0 Å². The summed E-state index contributed by atoms with van der Waals surface area (Å²) in [6, 6.07) is 16.0. The summed E-state index contributed by atoms with van der Waals surface area (Å²) in [6.07, 6.45) is 5.19. The van der Waals surface area contributed by atoms with Gasteiger partial charge in [-0.2, -0.15) is 0 Å². The van der Waals surface area contributed by atoms with Gasteiger partial charge in [0, 0.05) is 23.2 Å². The number of benzene rings is 3.